The molecule has 0 spiro atoms. The summed E-state index contributed by atoms with van der Waals surface area (Å²) in [5.41, 5.74) is -0.168. The van der Waals surface area contributed by atoms with Gasteiger partial charge < -0.3 is 5.11 Å². The van der Waals surface area contributed by atoms with Crippen molar-refractivity contribution in [1.82, 2.24) is 4.31 Å². The van der Waals surface area contributed by atoms with Crippen LogP contribution in [-0.2, 0) is 21.2 Å². The Balaban J connectivity index is 2.32. The zero-order valence-corrected chi connectivity index (χ0v) is 12.2. The fourth-order valence-corrected chi connectivity index (χ4v) is 3.75. The molecule has 22 heavy (non-hydrogen) atoms. The van der Waals surface area contributed by atoms with Gasteiger partial charge in [-0.1, -0.05) is 6.07 Å². The average Bonchev–Trinajstić information content (AvgIpc) is 3.21. The third-order valence-corrected chi connectivity index (χ3v) is 5.16. The maximum Gasteiger partial charge on any atom is 0.307 e. The highest BCUT2D eigenvalue weighted by Gasteiger charge is 2.39. The maximum atomic E-state index is 13.8. The third kappa shape index (κ3) is 3.77. The van der Waals surface area contributed by atoms with Crippen molar-refractivity contribution in [2.24, 2.45) is 0 Å². The number of nitrogens with zero attached hydrogens (tertiary/aromatic N) is 1. The zero-order chi connectivity index (χ0) is 16.5. The summed E-state index contributed by atoms with van der Waals surface area (Å²) < 4.78 is 64.3. The predicted octanol–water partition coefficient (Wildman–Crippen LogP) is 1.87. The molecule has 1 aromatic rings. The molecule has 0 heterocycles. The number of benzene rings is 1. The standard InChI is InChI=1S/C13H14F3NO4S/c14-11-6-10(4-1-8(11)5-13(18)19)22(20,21)17(7-12(15)16)9-2-3-9/h1,4,6,9,12H,2-3,5,7H2,(H,18,19). The number of hydrogen-bond donors (Lipinski definition) is 1. The van der Waals surface area contributed by atoms with E-state index in [4.69, 9.17) is 5.11 Å². The topological polar surface area (TPSA) is 74.7 Å². The molecule has 2 rings (SSSR count). The van der Waals surface area contributed by atoms with Gasteiger partial charge in [-0.2, -0.15) is 4.31 Å². The smallest absolute Gasteiger partial charge is 0.307 e. The first-order chi connectivity index (χ1) is 10.2. The van der Waals surface area contributed by atoms with Crippen molar-refractivity contribution in [2.45, 2.75) is 36.6 Å². The molecular weight excluding hydrogens is 323 g/mol. The highest BCUT2D eigenvalue weighted by molar-refractivity contribution is 7.89. The Morgan fingerprint density at radius 1 is 1.36 bits per heavy atom. The summed E-state index contributed by atoms with van der Waals surface area (Å²) in [4.78, 5) is 10.1. The summed E-state index contributed by atoms with van der Waals surface area (Å²) in [5.74, 6) is -2.25. The summed E-state index contributed by atoms with van der Waals surface area (Å²) in [6, 6.07) is 2.27. The Kier molecular flexibility index (Phi) is 4.76. The van der Waals surface area contributed by atoms with Gasteiger partial charge in [-0.3, -0.25) is 4.79 Å². The van der Waals surface area contributed by atoms with Crippen LogP contribution in [0.1, 0.15) is 18.4 Å². The van der Waals surface area contributed by atoms with Crippen molar-refractivity contribution < 1.29 is 31.5 Å². The van der Waals surface area contributed by atoms with Crippen LogP contribution in [0, 0.1) is 5.82 Å². The molecule has 0 bridgehead atoms. The van der Waals surface area contributed by atoms with Gasteiger partial charge in [0, 0.05) is 6.04 Å². The molecule has 0 unspecified atom stereocenters. The Bertz CT molecular complexity index is 674. The lowest BCUT2D eigenvalue weighted by Crippen LogP contribution is -2.37. The van der Waals surface area contributed by atoms with Gasteiger partial charge >= 0.3 is 5.97 Å². The van der Waals surface area contributed by atoms with Crippen LogP contribution in [0.25, 0.3) is 0 Å². The molecule has 1 saturated carbocycles. The SMILES string of the molecule is O=C(O)Cc1ccc(S(=O)(=O)N(CC(F)F)C2CC2)cc1F. The minimum Gasteiger partial charge on any atom is -0.481 e. The van der Waals surface area contributed by atoms with Crippen LogP contribution in [-0.4, -0.2) is 42.8 Å². The van der Waals surface area contributed by atoms with Crippen LogP contribution in [0.3, 0.4) is 0 Å². The zero-order valence-electron chi connectivity index (χ0n) is 11.4. The molecule has 0 amide bonds. The molecular formula is C13H14F3NO4S. The van der Waals surface area contributed by atoms with Crippen LogP contribution in [0.15, 0.2) is 23.1 Å². The van der Waals surface area contributed by atoms with E-state index in [1.165, 1.54) is 0 Å². The molecule has 0 atom stereocenters. The molecule has 1 aliphatic carbocycles. The number of halogens is 3. The maximum absolute atomic E-state index is 13.8. The first-order valence-corrected chi connectivity index (χ1v) is 7.96. The average molecular weight is 337 g/mol. The second kappa shape index (κ2) is 6.25. The fourth-order valence-electron chi connectivity index (χ4n) is 2.07. The molecule has 122 valence electrons. The van der Waals surface area contributed by atoms with Gasteiger partial charge in [0.15, 0.2) is 0 Å². The Morgan fingerprint density at radius 2 is 2.00 bits per heavy atom. The number of aliphatic carboxylic acids is 1. The van der Waals surface area contributed by atoms with E-state index in [1.807, 2.05) is 0 Å². The predicted molar refractivity (Wildman–Crippen MR) is 70.7 cm³/mol. The van der Waals surface area contributed by atoms with Crippen molar-refractivity contribution in [3.63, 3.8) is 0 Å². The van der Waals surface area contributed by atoms with Crippen molar-refractivity contribution in [3.05, 3.63) is 29.6 Å². The molecule has 5 nitrogen and oxygen atoms in total. The van der Waals surface area contributed by atoms with Crippen LogP contribution in [0.2, 0.25) is 0 Å². The fraction of sp³-hybridized carbons (Fsp3) is 0.462. The van der Waals surface area contributed by atoms with Gasteiger partial charge in [0.05, 0.1) is 17.9 Å². The van der Waals surface area contributed by atoms with E-state index in [2.05, 4.69) is 0 Å². The molecule has 1 aliphatic rings. The number of rotatable bonds is 7. The minimum atomic E-state index is -4.23. The minimum absolute atomic E-state index is 0.168. The van der Waals surface area contributed by atoms with E-state index in [-0.39, 0.29) is 5.56 Å². The van der Waals surface area contributed by atoms with E-state index in [1.54, 1.807) is 0 Å². The third-order valence-electron chi connectivity index (χ3n) is 3.24. The second-order valence-corrected chi connectivity index (χ2v) is 6.91. The number of carboxylic acids is 1. The van der Waals surface area contributed by atoms with Crippen LogP contribution in [0.5, 0.6) is 0 Å². The van der Waals surface area contributed by atoms with Crippen LogP contribution in [0.4, 0.5) is 13.2 Å². The number of carboxylic acid groups (broad SMARTS) is 1. The van der Waals surface area contributed by atoms with Gasteiger partial charge in [0.1, 0.15) is 5.82 Å². The summed E-state index contributed by atoms with van der Waals surface area (Å²) in [5, 5.41) is 8.61. The van der Waals surface area contributed by atoms with E-state index in [0.717, 1.165) is 12.1 Å². The molecule has 0 saturated heterocycles. The Morgan fingerprint density at radius 3 is 2.45 bits per heavy atom. The van der Waals surface area contributed by atoms with Gasteiger partial charge in [0.25, 0.3) is 6.43 Å². The highest BCUT2D eigenvalue weighted by Crippen LogP contribution is 2.33. The molecule has 1 fully saturated rings. The number of sulfonamides is 1. The summed E-state index contributed by atoms with van der Waals surface area (Å²) in [7, 11) is -4.23. The van der Waals surface area contributed by atoms with Gasteiger partial charge in [-0.15, -0.1) is 0 Å². The lowest BCUT2D eigenvalue weighted by atomic mass is 10.1. The van der Waals surface area contributed by atoms with E-state index < -0.39 is 52.1 Å². The van der Waals surface area contributed by atoms with E-state index in [9.17, 15) is 26.4 Å². The molecule has 0 aromatic heterocycles. The molecule has 1 N–H and O–H groups in total. The molecule has 0 aliphatic heterocycles. The van der Waals surface area contributed by atoms with Crippen LogP contribution >= 0.6 is 0 Å². The first kappa shape index (κ1) is 16.8. The lowest BCUT2D eigenvalue weighted by Gasteiger charge is -2.21. The van der Waals surface area contributed by atoms with E-state index in [0.29, 0.717) is 23.2 Å². The number of carbonyl (C=O) groups is 1. The Labute approximate surface area is 125 Å². The van der Waals surface area contributed by atoms with Gasteiger partial charge in [-0.25, -0.2) is 21.6 Å². The van der Waals surface area contributed by atoms with Gasteiger partial charge in [-0.05, 0) is 30.5 Å². The lowest BCUT2D eigenvalue weighted by molar-refractivity contribution is -0.136. The largest absolute Gasteiger partial charge is 0.481 e. The molecule has 9 heteroatoms. The van der Waals surface area contributed by atoms with E-state index >= 15 is 0 Å². The normalized spacial score (nSPS) is 15.5. The molecule has 0 radical (unpaired) electrons. The van der Waals surface area contributed by atoms with Gasteiger partial charge in [0.2, 0.25) is 10.0 Å². The molecule has 1 aromatic carbocycles. The Hall–Kier alpha value is -1.61. The van der Waals surface area contributed by atoms with Crippen molar-refractivity contribution in [2.75, 3.05) is 6.54 Å². The number of alkyl halides is 2. The highest BCUT2D eigenvalue weighted by atomic mass is 32.2. The number of hydrogen-bond acceptors (Lipinski definition) is 3. The summed E-state index contributed by atoms with van der Waals surface area (Å²) in [6.45, 7) is -0.939. The summed E-state index contributed by atoms with van der Waals surface area (Å²) in [6.07, 6.45) is -2.43. The van der Waals surface area contributed by atoms with Crippen molar-refractivity contribution in [1.29, 1.82) is 0 Å². The second-order valence-electron chi connectivity index (χ2n) is 5.02. The summed E-state index contributed by atoms with van der Waals surface area (Å²) >= 11 is 0. The quantitative estimate of drug-likeness (QED) is 0.824. The van der Waals surface area contributed by atoms with Crippen LogP contribution < -0.4 is 0 Å². The van der Waals surface area contributed by atoms with Crippen molar-refractivity contribution >= 4 is 16.0 Å². The monoisotopic (exact) mass is 337 g/mol. The first-order valence-electron chi connectivity index (χ1n) is 6.52. The van der Waals surface area contributed by atoms with Crippen molar-refractivity contribution in [3.8, 4) is 0 Å².